The van der Waals surface area contributed by atoms with Crippen molar-refractivity contribution in [3.63, 3.8) is 0 Å². The molecule has 1 heterocycles. The molecule has 108 valence electrons. The van der Waals surface area contributed by atoms with Crippen LogP contribution in [0.5, 0.6) is 11.5 Å². The van der Waals surface area contributed by atoms with E-state index in [0.717, 1.165) is 0 Å². The quantitative estimate of drug-likeness (QED) is 0.853. The molecule has 2 rings (SSSR count). The van der Waals surface area contributed by atoms with E-state index in [4.69, 9.17) is 9.47 Å². The van der Waals surface area contributed by atoms with Gasteiger partial charge in [-0.3, -0.25) is 4.57 Å². The Balaban J connectivity index is 2.30. The first-order chi connectivity index (χ1) is 9.56. The molecule has 0 saturated heterocycles. The smallest absolute Gasteiger partial charge is 0.345 e. The maximum absolute atomic E-state index is 11.7. The first kappa shape index (κ1) is 14.1. The van der Waals surface area contributed by atoms with E-state index in [1.807, 2.05) is 0 Å². The third-order valence-electron chi connectivity index (χ3n) is 3.03. The van der Waals surface area contributed by atoms with Crippen LogP contribution in [0.1, 0.15) is 11.7 Å². The van der Waals surface area contributed by atoms with E-state index in [1.54, 1.807) is 32.4 Å². The lowest BCUT2D eigenvalue weighted by atomic mass is 10.1. The van der Waals surface area contributed by atoms with Gasteiger partial charge in [-0.1, -0.05) is 0 Å². The summed E-state index contributed by atoms with van der Waals surface area (Å²) < 4.78 is 12.9. The summed E-state index contributed by atoms with van der Waals surface area (Å²) in [7, 11) is 4.66. The number of rotatable bonds is 5. The number of aromatic nitrogens is 3. The van der Waals surface area contributed by atoms with E-state index in [2.05, 4.69) is 5.10 Å². The molecule has 20 heavy (non-hydrogen) atoms. The number of aryl methyl sites for hydroxylation is 1. The van der Waals surface area contributed by atoms with E-state index in [9.17, 15) is 9.90 Å². The molecule has 0 fully saturated rings. The first-order valence-corrected chi connectivity index (χ1v) is 6.05. The standard InChI is InChI=1S/C13H17N3O4/c1-15-8-14-16(13(15)18)7-11(17)10-6-9(19-2)4-5-12(10)20-3/h4-6,8,11,17H,7H2,1-3H3. The van der Waals surface area contributed by atoms with Gasteiger partial charge in [-0.2, -0.15) is 5.10 Å². The number of methoxy groups -OCH3 is 2. The summed E-state index contributed by atoms with van der Waals surface area (Å²) in [5.74, 6) is 1.13. The molecule has 0 aliphatic carbocycles. The van der Waals surface area contributed by atoms with Crippen molar-refractivity contribution in [3.05, 3.63) is 40.6 Å². The molecule has 1 aromatic carbocycles. The zero-order chi connectivity index (χ0) is 14.7. The molecule has 2 aromatic rings. The van der Waals surface area contributed by atoms with Gasteiger partial charge >= 0.3 is 5.69 Å². The van der Waals surface area contributed by atoms with Gasteiger partial charge in [0.2, 0.25) is 0 Å². The Hall–Kier alpha value is -2.28. The first-order valence-electron chi connectivity index (χ1n) is 6.05. The summed E-state index contributed by atoms with van der Waals surface area (Å²) in [5, 5.41) is 14.2. The van der Waals surface area contributed by atoms with Crippen LogP contribution >= 0.6 is 0 Å². The van der Waals surface area contributed by atoms with E-state index < -0.39 is 6.10 Å². The Bertz CT molecular complexity index is 647. The van der Waals surface area contributed by atoms with Crippen LogP contribution in [0.3, 0.4) is 0 Å². The Morgan fingerprint density at radius 1 is 1.35 bits per heavy atom. The van der Waals surface area contributed by atoms with Gasteiger partial charge < -0.3 is 14.6 Å². The van der Waals surface area contributed by atoms with Crippen LogP contribution in [0.4, 0.5) is 0 Å². The monoisotopic (exact) mass is 279 g/mol. The molecule has 0 aliphatic rings. The highest BCUT2D eigenvalue weighted by Crippen LogP contribution is 2.29. The molecule has 1 atom stereocenters. The summed E-state index contributed by atoms with van der Waals surface area (Å²) in [6, 6.07) is 5.12. The normalized spacial score (nSPS) is 12.2. The topological polar surface area (TPSA) is 78.5 Å². The highest BCUT2D eigenvalue weighted by molar-refractivity contribution is 5.41. The molecule has 7 heteroatoms. The lowest BCUT2D eigenvalue weighted by Gasteiger charge is -2.15. The van der Waals surface area contributed by atoms with E-state index in [0.29, 0.717) is 17.1 Å². The van der Waals surface area contributed by atoms with Crippen molar-refractivity contribution in [2.24, 2.45) is 7.05 Å². The molecule has 1 N–H and O–H groups in total. The number of nitrogens with zero attached hydrogens (tertiary/aromatic N) is 3. The highest BCUT2D eigenvalue weighted by Gasteiger charge is 2.17. The molecule has 0 bridgehead atoms. The van der Waals surface area contributed by atoms with Crippen LogP contribution in [0.25, 0.3) is 0 Å². The van der Waals surface area contributed by atoms with Crippen LogP contribution in [-0.4, -0.2) is 33.7 Å². The van der Waals surface area contributed by atoms with Gasteiger partial charge in [-0.05, 0) is 18.2 Å². The molecule has 1 unspecified atom stereocenters. The van der Waals surface area contributed by atoms with E-state index >= 15 is 0 Å². The van der Waals surface area contributed by atoms with E-state index in [1.165, 1.54) is 22.7 Å². The SMILES string of the molecule is COc1ccc(OC)c(C(O)Cn2ncn(C)c2=O)c1. The van der Waals surface area contributed by atoms with Crippen LogP contribution in [-0.2, 0) is 13.6 Å². The van der Waals surface area contributed by atoms with Gasteiger partial charge in [-0.15, -0.1) is 0 Å². The van der Waals surface area contributed by atoms with E-state index in [-0.39, 0.29) is 12.2 Å². The average Bonchev–Trinajstić information content (AvgIpc) is 2.78. The Morgan fingerprint density at radius 2 is 2.10 bits per heavy atom. The predicted molar refractivity (Wildman–Crippen MR) is 72.0 cm³/mol. The van der Waals surface area contributed by atoms with Crippen LogP contribution < -0.4 is 15.2 Å². The molecule has 1 aromatic heterocycles. The lowest BCUT2D eigenvalue weighted by Crippen LogP contribution is -2.25. The Labute approximate surface area is 116 Å². The van der Waals surface area contributed by atoms with Crippen LogP contribution in [0, 0.1) is 0 Å². The van der Waals surface area contributed by atoms with Gasteiger partial charge in [0.15, 0.2) is 0 Å². The minimum Gasteiger partial charge on any atom is -0.497 e. The van der Waals surface area contributed by atoms with Crippen molar-refractivity contribution in [1.29, 1.82) is 0 Å². The fraction of sp³-hybridized carbons (Fsp3) is 0.385. The zero-order valence-corrected chi connectivity index (χ0v) is 11.6. The van der Waals surface area contributed by atoms with Gasteiger partial charge in [0.25, 0.3) is 0 Å². The van der Waals surface area contributed by atoms with Gasteiger partial charge in [-0.25, -0.2) is 9.48 Å². The Morgan fingerprint density at radius 3 is 2.65 bits per heavy atom. The van der Waals surface area contributed by atoms with Crippen LogP contribution in [0.2, 0.25) is 0 Å². The summed E-state index contributed by atoms with van der Waals surface area (Å²) in [6.07, 6.45) is 0.477. The van der Waals surface area contributed by atoms with Crippen molar-refractivity contribution in [2.45, 2.75) is 12.6 Å². The summed E-state index contributed by atoms with van der Waals surface area (Å²) >= 11 is 0. The second-order valence-corrected chi connectivity index (χ2v) is 4.33. The third-order valence-corrected chi connectivity index (χ3v) is 3.03. The minimum atomic E-state index is -0.923. The molecule has 0 amide bonds. The van der Waals surface area contributed by atoms with Crippen LogP contribution in [0.15, 0.2) is 29.3 Å². The second-order valence-electron chi connectivity index (χ2n) is 4.33. The molecule has 0 saturated carbocycles. The molecule has 7 nitrogen and oxygen atoms in total. The highest BCUT2D eigenvalue weighted by atomic mass is 16.5. The van der Waals surface area contributed by atoms with Crippen molar-refractivity contribution in [3.8, 4) is 11.5 Å². The van der Waals surface area contributed by atoms with Crippen molar-refractivity contribution >= 4 is 0 Å². The number of benzene rings is 1. The molecular weight excluding hydrogens is 262 g/mol. The number of hydrogen-bond donors (Lipinski definition) is 1. The molecule has 0 aliphatic heterocycles. The number of hydrogen-bond acceptors (Lipinski definition) is 5. The lowest BCUT2D eigenvalue weighted by molar-refractivity contribution is 0.145. The fourth-order valence-electron chi connectivity index (χ4n) is 1.91. The number of aliphatic hydroxyl groups is 1. The van der Waals surface area contributed by atoms with Gasteiger partial charge in [0, 0.05) is 12.6 Å². The summed E-state index contributed by atoms with van der Waals surface area (Å²) in [5.41, 5.74) is 0.260. The van der Waals surface area contributed by atoms with Crippen molar-refractivity contribution in [1.82, 2.24) is 14.3 Å². The van der Waals surface area contributed by atoms with Gasteiger partial charge in [0.1, 0.15) is 23.9 Å². The van der Waals surface area contributed by atoms with Gasteiger partial charge in [0.05, 0.1) is 20.8 Å². The Kier molecular flexibility index (Phi) is 4.09. The fourth-order valence-corrected chi connectivity index (χ4v) is 1.91. The predicted octanol–water partition coefficient (Wildman–Crippen LogP) is 0.333. The summed E-state index contributed by atoms with van der Waals surface area (Å²) in [6.45, 7) is 0.0448. The zero-order valence-electron chi connectivity index (χ0n) is 11.6. The largest absolute Gasteiger partial charge is 0.497 e. The summed E-state index contributed by atoms with van der Waals surface area (Å²) in [4.78, 5) is 11.7. The number of ether oxygens (including phenoxy) is 2. The maximum Gasteiger partial charge on any atom is 0.345 e. The maximum atomic E-state index is 11.7. The molecule has 0 radical (unpaired) electrons. The number of aliphatic hydroxyl groups excluding tert-OH is 1. The minimum absolute atomic E-state index is 0.0448. The molecular formula is C13H17N3O4. The van der Waals surface area contributed by atoms with Crippen molar-refractivity contribution in [2.75, 3.05) is 14.2 Å². The third kappa shape index (κ3) is 2.67. The average molecular weight is 279 g/mol. The molecule has 0 spiro atoms. The second kappa shape index (κ2) is 5.79. The van der Waals surface area contributed by atoms with Crippen molar-refractivity contribution < 1.29 is 14.6 Å².